The molecule has 80 valence electrons. The lowest BCUT2D eigenvalue weighted by molar-refractivity contribution is -0.155. The Bertz CT molecular complexity index is 352. The molecule has 15 heavy (non-hydrogen) atoms. The summed E-state index contributed by atoms with van der Waals surface area (Å²) in [7, 11) is 1.24. The van der Waals surface area contributed by atoms with Gasteiger partial charge in [-0.2, -0.15) is 0 Å². The van der Waals surface area contributed by atoms with E-state index >= 15 is 0 Å². The molecule has 0 aliphatic heterocycles. The summed E-state index contributed by atoms with van der Waals surface area (Å²) >= 11 is 0. The number of carbonyl (C=O) groups excluding carboxylic acids is 1. The van der Waals surface area contributed by atoms with Gasteiger partial charge in [0.25, 0.3) is 0 Å². The van der Waals surface area contributed by atoms with Crippen molar-refractivity contribution >= 4 is 12.0 Å². The third-order valence-electron chi connectivity index (χ3n) is 2.00. The molecule has 0 aliphatic rings. The molecule has 0 radical (unpaired) electrons. The summed E-state index contributed by atoms with van der Waals surface area (Å²) in [6, 6.07) is 9.42. The summed E-state index contributed by atoms with van der Waals surface area (Å²) in [5.41, 5.74) is -0.661. The number of methoxy groups -OCH3 is 1. The van der Waals surface area contributed by atoms with E-state index in [9.17, 15) is 9.90 Å². The van der Waals surface area contributed by atoms with E-state index in [1.54, 1.807) is 6.08 Å². The fraction of sp³-hybridized carbons (Fsp3) is 0.250. The van der Waals surface area contributed by atoms with Crippen LogP contribution >= 0.6 is 0 Å². The van der Waals surface area contributed by atoms with Crippen LogP contribution in [0, 0.1) is 0 Å². The molecule has 0 aliphatic carbocycles. The standard InChI is InChI=1S/C12H14O3/c1-12(14,11(13)15-2)9-8-10-6-4-3-5-7-10/h3-9,14H,1-2H3. The van der Waals surface area contributed by atoms with Crippen LogP contribution in [0.3, 0.4) is 0 Å². The van der Waals surface area contributed by atoms with E-state index in [1.165, 1.54) is 20.1 Å². The highest BCUT2D eigenvalue weighted by Crippen LogP contribution is 2.11. The molecule has 3 nitrogen and oxygen atoms in total. The molecule has 0 spiro atoms. The van der Waals surface area contributed by atoms with Gasteiger partial charge in [-0.25, -0.2) is 4.79 Å². The summed E-state index contributed by atoms with van der Waals surface area (Å²) in [6.07, 6.45) is 3.09. The predicted octanol–water partition coefficient (Wildman–Crippen LogP) is 1.62. The van der Waals surface area contributed by atoms with Gasteiger partial charge in [-0.1, -0.05) is 36.4 Å². The molecule has 0 amide bonds. The lowest BCUT2D eigenvalue weighted by atomic mass is 10.1. The third kappa shape index (κ3) is 3.22. The predicted molar refractivity (Wildman–Crippen MR) is 58.1 cm³/mol. The monoisotopic (exact) mass is 206 g/mol. The van der Waals surface area contributed by atoms with Crippen molar-refractivity contribution in [3.63, 3.8) is 0 Å². The minimum absolute atomic E-state index is 0.672. The maximum Gasteiger partial charge on any atom is 0.341 e. The molecule has 1 aromatic rings. The Labute approximate surface area is 89.0 Å². The third-order valence-corrected chi connectivity index (χ3v) is 2.00. The number of ether oxygens (including phenoxy) is 1. The second kappa shape index (κ2) is 4.75. The molecule has 1 aromatic carbocycles. The van der Waals surface area contributed by atoms with Crippen molar-refractivity contribution in [2.45, 2.75) is 12.5 Å². The average Bonchev–Trinajstić information content (AvgIpc) is 2.27. The average molecular weight is 206 g/mol. The lowest BCUT2D eigenvalue weighted by Gasteiger charge is -2.14. The number of hydrogen-bond donors (Lipinski definition) is 1. The van der Waals surface area contributed by atoms with Gasteiger partial charge in [-0.05, 0) is 18.6 Å². The van der Waals surface area contributed by atoms with Crippen LogP contribution in [-0.2, 0) is 9.53 Å². The van der Waals surface area contributed by atoms with Crippen molar-refractivity contribution in [1.82, 2.24) is 0 Å². The zero-order valence-electron chi connectivity index (χ0n) is 8.81. The zero-order chi connectivity index (χ0) is 11.3. The van der Waals surface area contributed by atoms with E-state index in [2.05, 4.69) is 4.74 Å². The minimum atomic E-state index is -1.58. The highest BCUT2D eigenvalue weighted by atomic mass is 16.5. The van der Waals surface area contributed by atoms with Crippen molar-refractivity contribution < 1.29 is 14.6 Å². The van der Waals surface area contributed by atoms with Crippen molar-refractivity contribution in [3.8, 4) is 0 Å². The summed E-state index contributed by atoms with van der Waals surface area (Å²) in [4.78, 5) is 11.1. The summed E-state index contributed by atoms with van der Waals surface area (Å²) in [5, 5.41) is 9.68. The first kappa shape index (κ1) is 11.5. The van der Waals surface area contributed by atoms with Crippen LogP contribution in [0.15, 0.2) is 36.4 Å². The van der Waals surface area contributed by atoms with Gasteiger partial charge in [0, 0.05) is 0 Å². The van der Waals surface area contributed by atoms with Gasteiger partial charge in [-0.3, -0.25) is 0 Å². The Hall–Kier alpha value is -1.61. The number of rotatable bonds is 3. The van der Waals surface area contributed by atoms with Crippen molar-refractivity contribution in [2.75, 3.05) is 7.11 Å². The molecule has 1 N–H and O–H groups in total. The maximum absolute atomic E-state index is 11.1. The molecule has 0 heterocycles. The quantitative estimate of drug-likeness (QED) is 0.764. The smallest absolute Gasteiger partial charge is 0.341 e. The maximum atomic E-state index is 11.1. The van der Waals surface area contributed by atoms with Crippen molar-refractivity contribution in [3.05, 3.63) is 42.0 Å². The highest BCUT2D eigenvalue weighted by molar-refractivity contribution is 5.82. The molecule has 1 unspecified atom stereocenters. The van der Waals surface area contributed by atoms with E-state index in [-0.39, 0.29) is 0 Å². The van der Waals surface area contributed by atoms with Crippen molar-refractivity contribution in [1.29, 1.82) is 0 Å². The summed E-state index contributed by atoms with van der Waals surface area (Å²) in [5.74, 6) is -0.672. The van der Waals surface area contributed by atoms with Crippen LogP contribution in [-0.4, -0.2) is 23.8 Å². The van der Waals surface area contributed by atoms with Gasteiger partial charge in [0.1, 0.15) is 0 Å². The zero-order valence-corrected chi connectivity index (χ0v) is 8.81. The Morgan fingerprint density at radius 3 is 2.53 bits per heavy atom. The Morgan fingerprint density at radius 1 is 1.40 bits per heavy atom. The number of hydrogen-bond acceptors (Lipinski definition) is 3. The number of carbonyl (C=O) groups is 1. The van der Waals surface area contributed by atoms with E-state index < -0.39 is 11.6 Å². The molecule has 3 heteroatoms. The number of benzene rings is 1. The largest absolute Gasteiger partial charge is 0.467 e. The normalized spacial score (nSPS) is 14.9. The van der Waals surface area contributed by atoms with Crippen LogP contribution in [0.25, 0.3) is 6.08 Å². The van der Waals surface area contributed by atoms with Gasteiger partial charge in [0.2, 0.25) is 0 Å². The molecule has 0 saturated heterocycles. The fourth-order valence-electron chi connectivity index (χ4n) is 1.10. The van der Waals surface area contributed by atoms with Gasteiger partial charge < -0.3 is 9.84 Å². The van der Waals surface area contributed by atoms with Crippen LogP contribution in [0.1, 0.15) is 12.5 Å². The first-order chi connectivity index (χ1) is 7.06. The van der Waals surface area contributed by atoms with Crippen LogP contribution < -0.4 is 0 Å². The molecular weight excluding hydrogens is 192 g/mol. The molecule has 0 saturated carbocycles. The Balaban J connectivity index is 2.77. The van der Waals surface area contributed by atoms with Crippen LogP contribution in [0.2, 0.25) is 0 Å². The second-order valence-corrected chi connectivity index (χ2v) is 3.38. The van der Waals surface area contributed by atoms with Gasteiger partial charge in [0.15, 0.2) is 5.60 Å². The minimum Gasteiger partial charge on any atom is -0.467 e. The highest BCUT2D eigenvalue weighted by Gasteiger charge is 2.27. The molecule has 1 rings (SSSR count). The summed E-state index contributed by atoms with van der Waals surface area (Å²) in [6.45, 7) is 1.39. The number of esters is 1. The van der Waals surface area contributed by atoms with Crippen LogP contribution in [0.5, 0.6) is 0 Å². The van der Waals surface area contributed by atoms with Gasteiger partial charge in [0.05, 0.1) is 7.11 Å². The molecule has 0 bridgehead atoms. The second-order valence-electron chi connectivity index (χ2n) is 3.38. The van der Waals surface area contributed by atoms with E-state index in [1.807, 2.05) is 30.3 Å². The van der Waals surface area contributed by atoms with Crippen LogP contribution in [0.4, 0.5) is 0 Å². The SMILES string of the molecule is COC(=O)C(C)(O)C=Cc1ccccc1. The van der Waals surface area contributed by atoms with E-state index in [0.29, 0.717) is 0 Å². The lowest BCUT2D eigenvalue weighted by Crippen LogP contribution is -2.33. The Morgan fingerprint density at radius 2 is 2.00 bits per heavy atom. The van der Waals surface area contributed by atoms with E-state index in [4.69, 9.17) is 0 Å². The van der Waals surface area contributed by atoms with Crippen molar-refractivity contribution in [2.24, 2.45) is 0 Å². The molecule has 0 fully saturated rings. The first-order valence-corrected chi connectivity index (χ1v) is 4.61. The molecule has 0 aromatic heterocycles. The molecular formula is C12H14O3. The Kier molecular flexibility index (Phi) is 3.63. The molecule has 1 atom stereocenters. The number of aliphatic hydroxyl groups is 1. The summed E-state index contributed by atoms with van der Waals surface area (Å²) < 4.78 is 4.46. The topological polar surface area (TPSA) is 46.5 Å². The van der Waals surface area contributed by atoms with E-state index in [0.717, 1.165) is 5.56 Å². The van der Waals surface area contributed by atoms with Gasteiger partial charge >= 0.3 is 5.97 Å². The first-order valence-electron chi connectivity index (χ1n) is 4.61. The fourth-order valence-corrected chi connectivity index (χ4v) is 1.10. The van der Waals surface area contributed by atoms with Gasteiger partial charge in [-0.15, -0.1) is 0 Å².